The first-order valence-corrected chi connectivity index (χ1v) is 15.3. The molecule has 13 heteroatoms. The van der Waals surface area contributed by atoms with Gasteiger partial charge in [0, 0.05) is 36.8 Å². The zero-order chi connectivity index (χ0) is 35.5. The quantitative estimate of drug-likeness (QED) is 0.156. The van der Waals surface area contributed by atoms with E-state index < -0.39 is 59.3 Å². The van der Waals surface area contributed by atoms with Gasteiger partial charge in [-0.15, -0.1) is 0 Å². The van der Waals surface area contributed by atoms with Crippen molar-refractivity contribution in [1.82, 2.24) is 19.4 Å². The number of imidazole rings is 1. The molecule has 48 heavy (non-hydrogen) atoms. The summed E-state index contributed by atoms with van der Waals surface area (Å²) in [6, 6.07) is 3.27. The number of amides is 1. The number of hydrogen-bond donors (Lipinski definition) is 2. The molecule has 4 rings (SSSR count). The van der Waals surface area contributed by atoms with E-state index in [-0.39, 0.29) is 42.0 Å². The summed E-state index contributed by atoms with van der Waals surface area (Å²) in [4.78, 5) is 43.1. The first-order chi connectivity index (χ1) is 22.5. The fourth-order valence-electron chi connectivity index (χ4n) is 6.00. The second-order valence-electron chi connectivity index (χ2n) is 12.4. The molecule has 2 aromatic heterocycles. The van der Waals surface area contributed by atoms with Crippen molar-refractivity contribution in [3.8, 4) is 11.1 Å². The highest BCUT2D eigenvalue weighted by Gasteiger charge is 2.36. The van der Waals surface area contributed by atoms with Crippen LogP contribution in [0.25, 0.3) is 11.1 Å². The normalized spacial score (nSPS) is 13.1. The molecule has 0 unspecified atom stereocenters. The maximum atomic E-state index is 15.7. The number of pyridine rings is 1. The number of halogens is 5. The maximum Gasteiger partial charge on any atom is 0.416 e. The number of aliphatic carboxylic acids is 1. The van der Waals surface area contributed by atoms with E-state index in [0.717, 1.165) is 10.8 Å². The number of aromatic nitrogens is 3. The van der Waals surface area contributed by atoms with E-state index in [1.165, 1.54) is 37.6 Å². The van der Waals surface area contributed by atoms with E-state index in [0.29, 0.717) is 28.3 Å². The van der Waals surface area contributed by atoms with E-state index in [1.54, 1.807) is 44.5 Å². The van der Waals surface area contributed by atoms with Crippen LogP contribution in [0.15, 0.2) is 60.0 Å². The summed E-state index contributed by atoms with van der Waals surface area (Å²) in [5.41, 5.74) is -0.214. The topological polar surface area (TPSA) is 106 Å². The van der Waals surface area contributed by atoms with Crippen molar-refractivity contribution in [2.24, 2.45) is 5.92 Å². The second kappa shape index (κ2) is 14.5. The lowest BCUT2D eigenvalue weighted by molar-refractivity contribution is -0.139. The van der Waals surface area contributed by atoms with Gasteiger partial charge in [-0.2, -0.15) is 13.2 Å². The smallest absolute Gasteiger partial charge is 0.416 e. The van der Waals surface area contributed by atoms with Gasteiger partial charge in [-0.25, -0.2) is 13.8 Å². The molecular formula is C35H37F5N4O4. The van der Waals surface area contributed by atoms with E-state index >= 15 is 4.39 Å². The molecule has 0 aliphatic rings. The molecule has 0 spiro atoms. The highest BCUT2D eigenvalue weighted by molar-refractivity contribution is 5.82. The van der Waals surface area contributed by atoms with E-state index in [4.69, 9.17) is 0 Å². The van der Waals surface area contributed by atoms with Gasteiger partial charge in [0.2, 0.25) is 5.91 Å². The summed E-state index contributed by atoms with van der Waals surface area (Å²) >= 11 is 0. The second-order valence-corrected chi connectivity index (χ2v) is 12.4. The number of carbonyl (C=O) groups is 2. The number of carboxylic acid groups (broad SMARTS) is 1. The third-order valence-corrected chi connectivity index (χ3v) is 8.14. The number of carbonyl (C=O) groups excluding carboxylic acids is 1. The van der Waals surface area contributed by atoms with Crippen LogP contribution in [-0.2, 0) is 28.7 Å². The summed E-state index contributed by atoms with van der Waals surface area (Å²) < 4.78 is 74.3. The lowest BCUT2D eigenvalue weighted by atomic mass is 9.90. The number of hydrogen-bond acceptors (Lipinski definition) is 4. The van der Waals surface area contributed by atoms with Gasteiger partial charge in [-0.3, -0.25) is 14.4 Å². The Labute approximate surface area is 274 Å². The molecule has 8 nitrogen and oxygen atoms in total. The van der Waals surface area contributed by atoms with Crippen molar-refractivity contribution >= 4 is 11.9 Å². The van der Waals surface area contributed by atoms with Crippen LogP contribution >= 0.6 is 0 Å². The molecule has 4 aromatic rings. The van der Waals surface area contributed by atoms with Crippen LogP contribution in [-0.4, -0.2) is 31.1 Å². The molecule has 2 aromatic carbocycles. The summed E-state index contributed by atoms with van der Waals surface area (Å²) in [7, 11) is 0. The maximum absolute atomic E-state index is 15.7. The summed E-state index contributed by atoms with van der Waals surface area (Å²) in [5, 5.41) is 12.4. The molecule has 1 amide bonds. The Kier molecular flexibility index (Phi) is 10.9. The number of nitrogens with zero attached hydrogens (tertiary/aromatic N) is 3. The van der Waals surface area contributed by atoms with Crippen molar-refractivity contribution in [2.45, 2.75) is 78.7 Å². The number of aryl methyl sites for hydroxylation is 5. The molecule has 0 bridgehead atoms. The summed E-state index contributed by atoms with van der Waals surface area (Å²) in [6.07, 6.45) is -0.191. The van der Waals surface area contributed by atoms with Crippen molar-refractivity contribution in [3.63, 3.8) is 0 Å². The number of alkyl halides is 3. The summed E-state index contributed by atoms with van der Waals surface area (Å²) in [6.45, 7) is 8.47. The van der Waals surface area contributed by atoms with Gasteiger partial charge in [0.25, 0.3) is 5.56 Å². The van der Waals surface area contributed by atoms with Crippen molar-refractivity contribution < 1.29 is 36.6 Å². The molecule has 0 saturated heterocycles. The fourth-order valence-corrected chi connectivity index (χ4v) is 6.00. The van der Waals surface area contributed by atoms with Crippen LogP contribution in [0.2, 0.25) is 0 Å². The Bertz CT molecular complexity index is 1840. The average molecular weight is 673 g/mol. The molecule has 2 N–H and O–H groups in total. The van der Waals surface area contributed by atoms with Gasteiger partial charge in [0.05, 0.1) is 24.4 Å². The number of nitrogens with one attached hydrogen (secondary N) is 1. The van der Waals surface area contributed by atoms with Crippen LogP contribution in [0.1, 0.15) is 72.2 Å². The van der Waals surface area contributed by atoms with Gasteiger partial charge >= 0.3 is 12.1 Å². The molecule has 2 heterocycles. The van der Waals surface area contributed by atoms with Crippen LogP contribution in [0.5, 0.6) is 0 Å². The Morgan fingerprint density at radius 3 is 2.23 bits per heavy atom. The van der Waals surface area contributed by atoms with Crippen LogP contribution in [0.4, 0.5) is 22.0 Å². The third kappa shape index (κ3) is 8.36. The Morgan fingerprint density at radius 1 is 1.00 bits per heavy atom. The van der Waals surface area contributed by atoms with Crippen LogP contribution in [0.3, 0.4) is 0 Å². The molecule has 0 radical (unpaired) electrons. The monoisotopic (exact) mass is 672 g/mol. The lowest BCUT2D eigenvalue weighted by Crippen LogP contribution is -2.41. The number of carboxylic acids is 1. The first-order valence-electron chi connectivity index (χ1n) is 15.3. The highest BCUT2D eigenvalue weighted by atomic mass is 19.4. The predicted octanol–water partition coefficient (Wildman–Crippen LogP) is 7.10. The average Bonchev–Trinajstić information content (AvgIpc) is 3.49. The van der Waals surface area contributed by atoms with E-state index in [2.05, 4.69) is 10.3 Å². The first kappa shape index (κ1) is 36.0. The highest BCUT2D eigenvalue weighted by Crippen LogP contribution is 2.35. The molecule has 2 atom stereocenters. The van der Waals surface area contributed by atoms with E-state index in [1.807, 2.05) is 0 Å². The molecule has 256 valence electrons. The molecular weight excluding hydrogens is 635 g/mol. The molecule has 0 saturated carbocycles. The summed E-state index contributed by atoms with van der Waals surface area (Å²) in [5.74, 6) is -3.67. The van der Waals surface area contributed by atoms with E-state index in [9.17, 15) is 37.1 Å². The van der Waals surface area contributed by atoms with Gasteiger partial charge in [0.1, 0.15) is 17.7 Å². The molecule has 0 aliphatic carbocycles. The van der Waals surface area contributed by atoms with Gasteiger partial charge in [-0.05, 0) is 97.2 Å². The Morgan fingerprint density at radius 2 is 1.67 bits per heavy atom. The molecule has 0 fully saturated rings. The molecule has 0 aliphatic heterocycles. The van der Waals surface area contributed by atoms with Crippen molar-refractivity contribution in [1.29, 1.82) is 0 Å². The lowest BCUT2D eigenvalue weighted by Gasteiger charge is -2.27. The Hall–Kier alpha value is -4.81. The zero-order valence-corrected chi connectivity index (χ0v) is 27.2. The number of rotatable bonds is 12. The SMILES string of the molecule is Cc1cc(-c2c(C)cc(F)cc2C)cc([C@@H](CC(=O)O)NC(=O)[C@@H](CC(C)C)n2cc(CCn3ccnc3)c(C(F)(F)F)cc2=O)c1F. The van der Waals surface area contributed by atoms with Crippen molar-refractivity contribution in [3.05, 3.63) is 111 Å². The minimum Gasteiger partial charge on any atom is -0.481 e. The third-order valence-electron chi connectivity index (χ3n) is 8.14. The number of benzene rings is 2. The van der Waals surface area contributed by atoms with Gasteiger partial charge in [0.15, 0.2) is 0 Å². The Balaban J connectivity index is 1.79. The zero-order valence-electron chi connectivity index (χ0n) is 27.2. The standard InChI is InChI=1S/C35H37F5N4O4/c1-19(2)10-29(44-17-23(6-8-43-9-7-41-18-43)27(15-30(44)45)35(38,39)40)34(48)42-28(16-31(46)47)26-14-24(11-22(5)33(26)37)32-20(3)12-25(36)13-21(32)4/h7,9,11-15,17-19,28-29H,6,8,10,16H2,1-5H3,(H,42,48)(H,46,47)/t28-,29-/m1/s1. The predicted molar refractivity (Wildman–Crippen MR) is 169 cm³/mol. The van der Waals surface area contributed by atoms with Crippen LogP contribution in [0, 0.1) is 38.3 Å². The largest absolute Gasteiger partial charge is 0.481 e. The van der Waals surface area contributed by atoms with Gasteiger partial charge in [-0.1, -0.05) is 13.8 Å². The van der Waals surface area contributed by atoms with Crippen LogP contribution < -0.4 is 10.9 Å². The minimum absolute atomic E-state index is 0.00732. The fraction of sp³-hybridized carbons (Fsp3) is 0.371. The van der Waals surface area contributed by atoms with Crippen molar-refractivity contribution in [2.75, 3.05) is 0 Å². The van der Waals surface area contributed by atoms with Gasteiger partial charge < -0.3 is 19.6 Å². The minimum atomic E-state index is -4.84.